The zero-order valence-electron chi connectivity index (χ0n) is 15.1. The third kappa shape index (κ3) is 4.14. The number of aromatic nitrogens is 1. The van der Waals surface area contributed by atoms with Crippen LogP contribution in [0.4, 0.5) is 0 Å². The summed E-state index contributed by atoms with van der Waals surface area (Å²) in [6.45, 7) is 6.47. The number of carbonyl (C=O) groups is 2. The lowest BCUT2D eigenvalue weighted by molar-refractivity contribution is 0.0479. The molecule has 0 saturated carbocycles. The van der Waals surface area contributed by atoms with Gasteiger partial charge in [0.05, 0.1) is 0 Å². The van der Waals surface area contributed by atoms with E-state index in [0.29, 0.717) is 10.4 Å². The van der Waals surface area contributed by atoms with Gasteiger partial charge in [0.2, 0.25) is 5.78 Å². The van der Waals surface area contributed by atoms with Crippen molar-refractivity contribution in [2.75, 3.05) is 6.61 Å². The molecule has 4 nitrogen and oxygen atoms in total. The van der Waals surface area contributed by atoms with Crippen LogP contribution < -0.4 is 0 Å². The van der Waals surface area contributed by atoms with E-state index < -0.39 is 5.97 Å². The van der Waals surface area contributed by atoms with Gasteiger partial charge in [-0.3, -0.25) is 4.79 Å². The summed E-state index contributed by atoms with van der Waals surface area (Å²) < 4.78 is 7.35. The van der Waals surface area contributed by atoms with Crippen LogP contribution in [0.3, 0.4) is 0 Å². The summed E-state index contributed by atoms with van der Waals surface area (Å²) in [5.41, 5.74) is 2.60. The Labute approximate surface area is 161 Å². The molecule has 0 N–H and O–H groups in total. The first-order chi connectivity index (χ1) is 12.5. The number of rotatable bonds is 7. The topological polar surface area (TPSA) is 48.3 Å². The van der Waals surface area contributed by atoms with Gasteiger partial charge in [0, 0.05) is 33.3 Å². The monoisotopic (exact) mass is 387 g/mol. The smallest absolute Gasteiger partial charge is 0.348 e. The number of esters is 1. The summed E-state index contributed by atoms with van der Waals surface area (Å²) in [7, 11) is 0. The third-order valence-electron chi connectivity index (χ3n) is 4.31. The molecule has 0 spiro atoms. The van der Waals surface area contributed by atoms with Gasteiger partial charge in [-0.15, -0.1) is 22.7 Å². The molecule has 3 rings (SSSR count). The molecule has 0 bridgehead atoms. The van der Waals surface area contributed by atoms with Crippen molar-refractivity contribution in [2.45, 2.75) is 33.7 Å². The molecule has 0 fully saturated rings. The SMILES string of the molecule is Cc1ccc(C(=O)OCC(=O)c2cc(C)n(CCc3cccs3)c2C)s1. The van der Waals surface area contributed by atoms with Crippen LogP contribution in [0.25, 0.3) is 0 Å². The first-order valence-corrected chi connectivity index (χ1v) is 10.1. The van der Waals surface area contributed by atoms with Crippen LogP contribution >= 0.6 is 22.7 Å². The Hall–Kier alpha value is -2.18. The Bertz CT molecular complexity index is 919. The second-order valence-electron chi connectivity index (χ2n) is 6.18. The number of nitrogens with zero attached hydrogens (tertiary/aromatic N) is 1. The quantitative estimate of drug-likeness (QED) is 0.431. The van der Waals surface area contributed by atoms with Crippen molar-refractivity contribution in [2.24, 2.45) is 0 Å². The summed E-state index contributed by atoms with van der Waals surface area (Å²) in [6, 6.07) is 9.65. The molecule has 136 valence electrons. The van der Waals surface area contributed by atoms with Gasteiger partial charge in [-0.25, -0.2) is 4.79 Å². The van der Waals surface area contributed by atoms with E-state index in [2.05, 4.69) is 16.0 Å². The molecule has 0 radical (unpaired) electrons. The molecular formula is C20H21NO3S2. The number of hydrogen-bond acceptors (Lipinski definition) is 5. The minimum atomic E-state index is -0.442. The maximum absolute atomic E-state index is 12.5. The number of aryl methyl sites for hydroxylation is 3. The number of thiophene rings is 2. The average Bonchev–Trinajstić information content (AvgIpc) is 3.33. The maximum Gasteiger partial charge on any atom is 0.348 e. The van der Waals surface area contributed by atoms with Crippen LogP contribution in [0.2, 0.25) is 0 Å². The minimum Gasteiger partial charge on any atom is -0.453 e. The molecule has 0 aromatic carbocycles. The molecule has 0 saturated heterocycles. The van der Waals surface area contributed by atoms with E-state index in [1.54, 1.807) is 17.4 Å². The number of Topliss-reactive ketones (excluding diaryl/α,β-unsaturated/α-hetero) is 1. The van der Waals surface area contributed by atoms with Crippen LogP contribution in [-0.2, 0) is 17.7 Å². The number of ether oxygens (including phenoxy) is 1. The van der Waals surface area contributed by atoms with E-state index in [1.807, 2.05) is 39.0 Å². The third-order valence-corrected chi connectivity index (χ3v) is 6.23. The van der Waals surface area contributed by atoms with Crippen molar-refractivity contribution < 1.29 is 14.3 Å². The molecular weight excluding hydrogens is 366 g/mol. The molecule has 0 aliphatic rings. The predicted octanol–water partition coefficient (Wildman–Crippen LogP) is 4.82. The van der Waals surface area contributed by atoms with Crippen molar-refractivity contribution in [3.05, 3.63) is 67.3 Å². The number of hydrogen-bond donors (Lipinski definition) is 0. The van der Waals surface area contributed by atoms with Gasteiger partial charge in [0.25, 0.3) is 0 Å². The van der Waals surface area contributed by atoms with Crippen molar-refractivity contribution in [3.63, 3.8) is 0 Å². The average molecular weight is 388 g/mol. The van der Waals surface area contributed by atoms with Crippen LogP contribution in [0, 0.1) is 20.8 Å². The largest absolute Gasteiger partial charge is 0.453 e. The highest BCUT2D eigenvalue weighted by atomic mass is 32.1. The van der Waals surface area contributed by atoms with E-state index >= 15 is 0 Å². The Balaban J connectivity index is 1.64. The van der Waals surface area contributed by atoms with Gasteiger partial charge in [-0.2, -0.15) is 0 Å². The normalized spacial score (nSPS) is 10.9. The Morgan fingerprint density at radius 2 is 1.96 bits per heavy atom. The highest BCUT2D eigenvalue weighted by Crippen LogP contribution is 2.19. The van der Waals surface area contributed by atoms with Crippen LogP contribution in [0.1, 0.15) is 41.2 Å². The van der Waals surface area contributed by atoms with E-state index in [0.717, 1.165) is 29.2 Å². The second kappa shape index (κ2) is 8.01. The molecule has 0 aliphatic heterocycles. The van der Waals surface area contributed by atoms with Gasteiger partial charge < -0.3 is 9.30 Å². The molecule has 3 aromatic rings. The molecule has 0 unspecified atom stereocenters. The van der Waals surface area contributed by atoms with E-state index in [9.17, 15) is 9.59 Å². The summed E-state index contributed by atoms with van der Waals surface area (Å²) in [5.74, 6) is -0.606. The number of carbonyl (C=O) groups excluding carboxylic acids is 2. The fraction of sp³-hybridized carbons (Fsp3) is 0.300. The van der Waals surface area contributed by atoms with Gasteiger partial charge >= 0.3 is 5.97 Å². The Kier molecular flexibility index (Phi) is 5.74. The van der Waals surface area contributed by atoms with Crippen molar-refractivity contribution >= 4 is 34.4 Å². The van der Waals surface area contributed by atoms with E-state index in [-0.39, 0.29) is 12.4 Å². The summed E-state index contributed by atoms with van der Waals surface area (Å²) in [6.07, 6.45) is 0.939. The Morgan fingerprint density at radius 3 is 2.62 bits per heavy atom. The fourth-order valence-corrected chi connectivity index (χ4v) is 4.39. The first kappa shape index (κ1) is 18.6. The number of ketones is 1. The highest BCUT2D eigenvalue weighted by molar-refractivity contribution is 7.13. The highest BCUT2D eigenvalue weighted by Gasteiger charge is 2.18. The van der Waals surface area contributed by atoms with E-state index in [1.165, 1.54) is 16.2 Å². The molecule has 0 atom stereocenters. The zero-order chi connectivity index (χ0) is 18.7. The molecule has 0 amide bonds. The minimum absolute atomic E-state index is 0.165. The fourth-order valence-electron chi connectivity index (χ4n) is 2.93. The van der Waals surface area contributed by atoms with Crippen LogP contribution in [0.15, 0.2) is 35.7 Å². The second-order valence-corrected chi connectivity index (χ2v) is 8.50. The van der Waals surface area contributed by atoms with Gasteiger partial charge in [0.1, 0.15) is 4.88 Å². The van der Waals surface area contributed by atoms with Gasteiger partial charge in [0.15, 0.2) is 6.61 Å². The van der Waals surface area contributed by atoms with Crippen molar-refractivity contribution in [1.29, 1.82) is 0 Å². The molecule has 3 heterocycles. The van der Waals surface area contributed by atoms with Gasteiger partial charge in [-0.1, -0.05) is 6.07 Å². The van der Waals surface area contributed by atoms with Crippen LogP contribution in [-0.4, -0.2) is 22.9 Å². The summed E-state index contributed by atoms with van der Waals surface area (Å²) in [4.78, 5) is 27.4. The molecule has 0 aliphatic carbocycles. The molecule has 26 heavy (non-hydrogen) atoms. The van der Waals surface area contributed by atoms with Crippen LogP contribution in [0.5, 0.6) is 0 Å². The first-order valence-electron chi connectivity index (χ1n) is 8.41. The summed E-state index contributed by atoms with van der Waals surface area (Å²) >= 11 is 3.11. The predicted molar refractivity (Wildman–Crippen MR) is 106 cm³/mol. The van der Waals surface area contributed by atoms with E-state index in [4.69, 9.17) is 4.74 Å². The lowest BCUT2D eigenvalue weighted by Crippen LogP contribution is -2.14. The standard InChI is InChI=1S/C20H21NO3S2/c1-13-11-17(15(3)21(13)9-8-16-5-4-10-25-16)18(22)12-24-20(23)19-7-6-14(2)26-19/h4-7,10-11H,8-9,12H2,1-3H3. The molecule has 3 aromatic heterocycles. The van der Waals surface area contributed by atoms with Crippen molar-refractivity contribution in [1.82, 2.24) is 4.57 Å². The van der Waals surface area contributed by atoms with Gasteiger partial charge in [-0.05, 0) is 56.8 Å². The Morgan fingerprint density at radius 1 is 1.15 bits per heavy atom. The zero-order valence-corrected chi connectivity index (χ0v) is 16.7. The summed E-state index contributed by atoms with van der Waals surface area (Å²) in [5, 5.41) is 2.07. The lowest BCUT2D eigenvalue weighted by atomic mass is 10.1. The lowest BCUT2D eigenvalue weighted by Gasteiger charge is -2.09. The molecule has 6 heteroatoms. The maximum atomic E-state index is 12.5. The van der Waals surface area contributed by atoms with Crippen molar-refractivity contribution in [3.8, 4) is 0 Å².